The van der Waals surface area contributed by atoms with Crippen molar-refractivity contribution in [3.63, 3.8) is 0 Å². The van der Waals surface area contributed by atoms with Crippen LogP contribution >= 0.6 is 0 Å². The second-order valence-electron chi connectivity index (χ2n) is 8.45. The summed E-state index contributed by atoms with van der Waals surface area (Å²) >= 11 is 0. The van der Waals surface area contributed by atoms with Crippen LogP contribution in [0.1, 0.15) is 30.4 Å². The first-order valence-electron chi connectivity index (χ1n) is 11.3. The van der Waals surface area contributed by atoms with Crippen LogP contribution in [-0.4, -0.2) is 56.1 Å². The number of nitrogens with one attached hydrogen (secondary N) is 1. The fraction of sp³-hybridized carbons (Fsp3) is 0.440. The quantitative estimate of drug-likeness (QED) is 0.718. The number of rotatable bonds is 7. The van der Waals surface area contributed by atoms with Crippen LogP contribution in [0.4, 0.5) is 11.4 Å². The molecule has 0 atom stereocenters. The molecule has 1 fully saturated rings. The van der Waals surface area contributed by atoms with Crippen molar-refractivity contribution in [3.05, 3.63) is 47.5 Å². The van der Waals surface area contributed by atoms with Crippen molar-refractivity contribution >= 4 is 23.2 Å². The summed E-state index contributed by atoms with van der Waals surface area (Å²) in [6, 6.07) is 11.2. The summed E-state index contributed by atoms with van der Waals surface area (Å²) < 4.78 is 11.3. The topological polar surface area (TPSA) is 71.1 Å². The Morgan fingerprint density at radius 1 is 1.09 bits per heavy atom. The highest BCUT2D eigenvalue weighted by Gasteiger charge is 2.26. The summed E-state index contributed by atoms with van der Waals surface area (Å²) in [5, 5.41) is 2.87. The average molecular weight is 438 g/mol. The number of piperidine rings is 1. The highest BCUT2D eigenvalue weighted by atomic mass is 16.5. The van der Waals surface area contributed by atoms with E-state index in [1.807, 2.05) is 32.0 Å². The minimum Gasteiger partial charge on any atom is -0.483 e. The largest absolute Gasteiger partial charge is 0.483 e. The normalized spacial score (nSPS) is 16.3. The van der Waals surface area contributed by atoms with Crippen molar-refractivity contribution in [2.24, 2.45) is 0 Å². The van der Waals surface area contributed by atoms with Gasteiger partial charge >= 0.3 is 0 Å². The molecule has 4 rings (SSSR count). The second kappa shape index (κ2) is 10.0. The predicted molar refractivity (Wildman–Crippen MR) is 125 cm³/mol. The van der Waals surface area contributed by atoms with Gasteiger partial charge in [0, 0.05) is 18.8 Å². The maximum Gasteiger partial charge on any atom is 0.265 e. The molecule has 1 N–H and O–H groups in total. The van der Waals surface area contributed by atoms with Crippen molar-refractivity contribution in [3.8, 4) is 11.5 Å². The molecular weight excluding hydrogens is 406 g/mol. The molecule has 2 aromatic carbocycles. The molecule has 2 heterocycles. The van der Waals surface area contributed by atoms with Crippen LogP contribution in [0.2, 0.25) is 0 Å². The number of hydrogen-bond acceptors (Lipinski definition) is 5. The van der Waals surface area contributed by atoms with Crippen molar-refractivity contribution < 1.29 is 19.1 Å². The third-order valence-electron chi connectivity index (χ3n) is 6.19. The van der Waals surface area contributed by atoms with Gasteiger partial charge in [-0.3, -0.25) is 9.59 Å². The van der Waals surface area contributed by atoms with Gasteiger partial charge in [0.15, 0.2) is 13.2 Å². The first-order valence-corrected chi connectivity index (χ1v) is 11.3. The lowest BCUT2D eigenvalue weighted by atomic mass is 10.1. The Balaban J connectivity index is 1.40. The third-order valence-corrected chi connectivity index (χ3v) is 6.19. The molecule has 7 heteroatoms. The number of ether oxygens (including phenoxy) is 2. The van der Waals surface area contributed by atoms with E-state index in [0.29, 0.717) is 29.4 Å². The van der Waals surface area contributed by atoms with E-state index in [1.54, 1.807) is 23.1 Å². The van der Waals surface area contributed by atoms with Crippen LogP contribution in [0, 0.1) is 13.8 Å². The van der Waals surface area contributed by atoms with Gasteiger partial charge in [0.05, 0.1) is 5.69 Å². The maximum absolute atomic E-state index is 12.6. The molecule has 7 nitrogen and oxygen atoms in total. The van der Waals surface area contributed by atoms with Crippen LogP contribution in [0.5, 0.6) is 11.5 Å². The Kier molecular flexibility index (Phi) is 6.95. The van der Waals surface area contributed by atoms with Crippen molar-refractivity contribution in [1.82, 2.24) is 4.90 Å². The van der Waals surface area contributed by atoms with Gasteiger partial charge < -0.3 is 24.6 Å². The molecule has 0 bridgehead atoms. The molecule has 170 valence electrons. The van der Waals surface area contributed by atoms with Gasteiger partial charge in [0.2, 0.25) is 0 Å². The average Bonchev–Trinajstić information content (AvgIpc) is 2.80. The molecule has 0 unspecified atom stereocenters. The van der Waals surface area contributed by atoms with E-state index >= 15 is 0 Å². The summed E-state index contributed by atoms with van der Waals surface area (Å²) in [6.45, 7) is 7.56. The van der Waals surface area contributed by atoms with E-state index < -0.39 is 0 Å². The Morgan fingerprint density at radius 3 is 2.72 bits per heavy atom. The molecule has 2 aromatic rings. The van der Waals surface area contributed by atoms with Gasteiger partial charge in [-0.05, 0) is 75.2 Å². The van der Waals surface area contributed by atoms with Crippen LogP contribution in [0.15, 0.2) is 36.4 Å². The van der Waals surface area contributed by atoms with Crippen molar-refractivity contribution in [2.75, 3.05) is 49.6 Å². The lowest BCUT2D eigenvalue weighted by Crippen LogP contribution is -2.44. The molecule has 0 spiro atoms. The number of carbonyl (C=O) groups excluding carboxylic acids is 2. The first kappa shape index (κ1) is 22.1. The lowest BCUT2D eigenvalue weighted by molar-refractivity contribution is -0.121. The van der Waals surface area contributed by atoms with Crippen LogP contribution in [0.3, 0.4) is 0 Å². The molecule has 0 radical (unpaired) electrons. The van der Waals surface area contributed by atoms with E-state index in [0.717, 1.165) is 30.8 Å². The van der Waals surface area contributed by atoms with Gasteiger partial charge in [0.25, 0.3) is 11.8 Å². The summed E-state index contributed by atoms with van der Waals surface area (Å²) in [4.78, 5) is 29.2. The molecular formula is C25H31N3O4. The zero-order chi connectivity index (χ0) is 22.5. The van der Waals surface area contributed by atoms with E-state index in [2.05, 4.69) is 10.2 Å². The van der Waals surface area contributed by atoms with Gasteiger partial charge in [-0.1, -0.05) is 18.6 Å². The minimum absolute atomic E-state index is 0.0440. The van der Waals surface area contributed by atoms with Crippen molar-refractivity contribution in [2.45, 2.75) is 33.1 Å². The third kappa shape index (κ3) is 5.22. The number of nitrogens with zero attached hydrogens (tertiary/aromatic N) is 2. The standard InChI is InChI=1S/C25H31N3O4/c1-18-7-6-8-22(19(18)2)31-16-24(29)26-20-9-10-23-21(15-20)28(25(30)17-32-23)14-13-27-11-4-3-5-12-27/h6-10,15H,3-5,11-14,16-17H2,1-2H3,(H,26,29). The molecule has 2 aliphatic rings. The highest BCUT2D eigenvalue weighted by Crippen LogP contribution is 2.34. The summed E-state index contributed by atoms with van der Waals surface area (Å²) in [7, 11) is 0. The van der Waals surface area contributed by atoms with E-state index in [1.165, 1.54) is 19.3 Å². The van der Waals surface area contributed by atoms with Crippen LogP contribution in [0.25, 0.3) is 0 Å². The number of benzene rings is 2. The van der Waals surface area contributed by atoms with Gasteiger partial charge in [-0.2, -0.15) is 0 Å². The number of carbonyl (C=O) groups is 2. The molecule has 32 heavy (non-hydrogen) atoms. The number of fused-ring (bicyclic) bond motifs is 1. The number of likely N-dealkylation sites (tertiary alicyclic amines) is 1. The smallest absolute Gasteiger partial charge is 0.265 e. The number of amides is 2. The second-order valence-corrected chi connectivity index (χ2v) is 8.45. The maximum atomic E-state index is 12.6. The zero-order valence-corrected chi connectivity index (χ0v) is 18.9. The summed E-state index contributed by atoms with van der Waals surface area (Å²) in [5.74, 6) is 1.05. The zero-order valence-electron chi connectivity index (χ0n) is 18.9. The molecule has 1 saturated heterocycles. The number of anilines is 2. The van der Waals surface area contributed by atoms with Gasteiger partial charge in [0.1, 0.15) is 11.5 Å². The predicted octanol–water partition coefficient (Wildman–Crippen LogP) is 3.53. The number of hydrogen-bond donors (Lipinski definition) is 1. The molecule has 2 aliphatic heterocycles. The minimum atomic E-state index is -0.256. The Morgan fingerprint density at radius 2 is 1.91 bits per heavy atom. The lowest BCUT2D eigenvalue weighted by Gasteiger charge is -2.33. The Bertz CT molecular complexity index is 985. The van der Waals surface area contributed by atoms with Crippen LogP contribution < -0.4 is 19.7 Å². The van der Waals surface area contributed by atoms with Crippen molar-refractivity contribution in [1.29, 1.82) is 0 Å². The highest BCUT2D eigenvalue weighted by molar-refractivity contribution is 5.99. The molecule has 0 aliphatic carbocycles. The van der Waals surface area contributed by atoms with E-state index in [-0.39, 0.29) is 25.0 Å². The monoisotopic (exact) mass is 437 g/mol. The Labute approximate surface area is 189 Å². The van der Waals surface area contributed by atoms with Crippen LogP contribution in [-0.2, 0) is 9.59 Å². The fourth-order valence-electron chi connectivity index (χ4n) is 4.17. The summed E-state index contributed by atoms with van der Waals surface area (Å²) in [6.07, 6.45) is 3.72. The fourth-order valence-corrected chi connectivity index (χ4v) is 4.17. The van der Waals surface area contributed by atoms with Gasteiger partial charge in [-0.15, -0.1) is 0 Å². The number of aryl methyl sites for hydroxylation is 1. The Hall–Kier alpha value is -3.06. The van der Waals surface area contributed by atoms with E-state index in [4.69, 9.17) is 9.47 Å². The molecule has 2 amide bonds. The first-order chi connectivity index (χ1) is 15.5. The SMILES string of the molecule is Cc1cccc(OCC(=O)Nc2ccc3c(c2)N(CCN2CCCCC2)C(=O)CO3)c1C. The van der Waals surface area contributed by atoms with E-state index in [9.17, 15) is 9.59 Å². The van der Waals surface area contributed by atoms with Gasteiger partial charge in [-0.25, -0.2) is 0 Å². The summed E-state index contributed by atoms with van der Waals surface area (Å²) in [5.41, 5.74) is 3.45. The molecule has 0 aromatic heterocycles. The molecule has 0 saturated carbocycles.